The van der Waals surface area contributed by atoms with E-state index in [1.54, 1.807) is 0 Å². The van der Waals surface area contributed by atoms with Gasteiger partial charge in [0.2, 0.25) is 5.15 Å². The number of ether oxygens (including phenoxy) is 1. The van der Waals surface area contributed by atoms with Crippen LogP contribution in [0.4, 0.5) is 5.69 Å². The number of halogens is 2. The molecule has 0 spiro atoms. The fourth-order valence-corrected chi connectivity index (χ4v) is 1.79. The summed E-state index contributed by atoms with van der Waals surface area (Å²) in [6.45, 7) is 0.154. The summed E-state index contributed by atoms with van der Waals surface area (Å²) in [6.07, 6.45) is 1.12. The van der Waals surface area contributed by atoms with Crippen LogP contribution < -0.4 is 4.74 Å². The standard InChI is InChI=1S/C11H7BrClN3O3/c12-8-3-1-7(2-4-8)5-19-11-9(16(17)18)10(13)14-6-15-11/h1-4,6H,5H2. The molecule has 0 bridgehead atoms. The van der Waals surface area contributed by atoms with Crippen molar-refractivity contribution < 1.29 is 9.66 Å². The van der Waals surface area contributed by atoms with Gasteiger partial charge in [-0.1, -0.05) is 39.7 Å². The fourth-order valence-electron chi connectivity index (χ4n) is 1.33. The lowest BCUT2D eigenvalue weighted by atomic mass is 10.2. The monoisotopic (exact) mass is 343 g/mol. The van der Waals surface area contributed by atoms with Crippen LogP contribution in [0.1, 0.15) is 5.56 Å². The van der Waals surface area contributed by atoms with Gasteiger partial charge in [0, 0.05) is 4.47 Å². The van der Waals surface area contributed by atoms with Gasteiger partial charge in [-0.25, -0.2) is 4.98 Å². The van der Waals surface area contributed by atoms with Crippen LogP contribution in [0.2, 0.25) is 5.15 Å². The maximum Gasteiger partial charge on any atom is 0.367 e. The molecule has 0 saturated heterocycles. The Bertz CT molecular complexity index is 607. The van der Waals surface area contributed by atoms with Gasteiger partial charge in [0.25, 0.3) is 5.88 Å². The van der Waals surface area contributed by atoms with Crippen LogP contribution in [0.3, 0.4) is 0 Å². The molecule has 1 heterocycles. The lowest BCUT2D eigenvalue weighted by molar-refractivity contribution is -0.386. The normalized spacial score (nSPS) is 10.2. The Labute approximate surface area is 121 Å². The van der Waals surface area contributed by atoms with E-state index in [0.717, 1.165) is 16.4 Å². The van der Waals surface area contributed by atoms with E-state index >= 15 is 0 Å². The largest absolute Gasteiger partial charge is 0.468 e. The minimum absolute atomic E-state index is 0.145. The number of rotatable bonds is 4. The quantitative estimate of drug-likeness (QED) is 0.482. The molecule has 0 saturated carbocycles. The van der Waals surface area contributed by atoms with Crippen molar-refractivity contribution in [3.05, 3.63) is 55.9 Å². The third-order valence-corrected chi connectivity index (χ3v) is 3.02. The van der Waals surface area contributed by atoms with Crippen LogP contribution in [-0.2, 0) is 6.61 Å². The van der Waals surface area contributed by atoms with Gasteiger partial charge < -0.3 is 4.74 Å². The molecule has 0 radical (unpaired) electrons. The summed E-state index contributed by atoms with van der Waals surface area (Å²) in [5, 5.41) is 10.6. The highest BCUT2D eigenvalue weighted by Gasteiger charge is 2.22. The van der Waals surface area contributed by atoms with Gasteiger partial charge in [-0.3, -0.25) is 10.1 Å². The molecular formula is C11H7BrClN3O3. The molecule has 0 amide bonds. The molecule has 2 rings (SSSR count). The van der Waals surface area contributed by atoms with E-state index in [9.17, 15) is 10.1 Å². The summed E-state index contributed by atoms with van der Waals surface area (Å²) >= 11 is 8.96. The van der Waals surface area contributed by atoms with Gasteiger partial charge in [-0.2, -0.15) is 4.98 Å². The van der Waals surface area contributed by atoms with Crippen molar-refractivity contribution in [3.8, 4) is 5.88 Å². The second-order valence-corrected chi connectivity index (χ2v) is 4.76. The third-order valence-electron chi connectivity index (χ3n) is 2.22. The number of hydrogen-bond donors (Lipinski definition) is 0. The van der Waals surface area contributed by atoms with E-state index in [2.05, 4.69) is 25.9 Å². The molecule has 2 aromatic rings. The molecule has 6 nitrogen and oxygen atoms in total. The van der Waals surface area contributed by atoms with Gasteiger partial charge >= 0.3 is 5.69 Å². The molecule has 0 aliphatic carbocycles. The Hall–Kier alpha value is -1.73. The van der Waals surface area contributed by atoms with Gasteiger partial charge in [-0.05, 0) is 17.7 Å². The van der Waals surface area contributed by atoms with Crippen molar-refractivity contribution in [2.75, 3.05) is 0 Å². The van der Waals surface area contributed by atoms with Crippen molar-refractivity contribution >= 4 is 33.2 Å². The van der Waals surface area contributed by atoms with Crippen LogP contribution in [0.5, 0.6) is 5.88 Å². The Morgan fingerprint density at radius 1 is 1.32 bits per heavy atom. The number of nitrogens with zero attached hydrogens (tertiary/aromatic N) is 3. The zero-order chi connectivity index (χ0) is 13.8. The summed E-state index contributed by atoms with van der Waals surface area (Å²) in [6, 6.07) is 7.36. The number of hydrogen-bond acceptors (Lipinski definition) is 5. The molecule has 98 valence electrons. The summed E-state index contributed by atoms with van der Waals surface area (Å²) < 4.78 is 6.25. The number of benzene rings is 1. The summed E-state index contributed by atoms with van der Waals surface area (Å²) in [5.41, 5.74) is 0.425. The lowest BCUT2D eigenvalue weighted by Gasteiger charge is -2.06. The first-order valence-corrected chi connectivity index (χ1v) is 6.27. The minimum atomic E-state index is -0.667. The molecule has 19 heavy (non-hydrogen) atoms. The second kappa shape index (κ2) is 5.94. The van der Waals surface area contributed by atoms with E-state index in [-0.39, 0.29) is 17.6 Å². The molecule has 1 aromatic carbocycles. The Morgan fingerprint density at radius 3 is 2.63 bits per heavy atom. The van der Waals surface area contributed by atoms with Gasteiger partial charge in [0.05, 0.1) is 4.92 Å². The average molecular weight is 345 g/mol. The van der Waals surface area contributed by atoms with E-state index in [1.807, 2.05) is 24.3 Å². The van der Waals surface area contributed by atoms with E-state index < -0.39 is 10.6 Å². The van der Waals surface area contributed by atoms with Crippen molar-refractivity contribution in [1.29, 1.82) is 0 Å². The SMILES string of the molecule is O=[N+]([O-])c1c(Cl)ncnc1OCc1ccc(Br)cc1. The van der Waals surface area contributed by atoms with Crippen LogP contribution >= 0.6 is 27.5 Å². The molecule has 0 aliphatic rings. The molecule has 0 atom stereocenters. The Balaban J connectivity index is 2.18. The molecule has 0 fully saturated rings. The summed E-state index contributed by atoms with van der Waals surface area (Å²) in [4.78, 5) is 17.5. The zero-order valence-electron chi connectivity index (χ0n) is 9.42. The molecule has 1 aromatic heterocycles. The molecule has 0 N–H and O–H groups in total. The molecule has 0 unspecified atom stereocenters. The van der Waals surface area contributed by atoms with E-state index in [0.29, 0.717) is 0 Å². The maximum atomic E-state index is 10.9. The first-order valence-electron chi connectivity index (χ1n) is 5.10. The minimum Gasteiger partial charge on any atom is -0.468 e. The topological polar surface area (TPSA) is 78.2 Å². The van der Waals surface area contributed by atoms with E-state index in [4.69, 9.17) is 16.3 Å². The zero-order valence-corrected chi connectivity index (χ0v) is 11.8. The Morgan fingerprint density at radius 2 is 2.00 bits per heavy atom. The van der Waals surface area contributed by atoms with E-state index in [1.165, 1.54) is 0 Å². The smallest absolute Gasteiger partial charge is 0.367 e. The van der Waals surface area contributed by atoms with Gasteiger partial charge in [0.15, 0.2) is 0 Å². The number of aromatic nitrogens is 2. The first kappa shape index (κ1) is 13.7. The van der Waals surface area contributed by atoms with Crippen molar-refractivity contribution in [1.82, 2.24) is 9.97 Å². The third kappa shape index (κ3) is 3.39. The molecular weight excluding hydrogens is 337 g/mol. The van der Waals surface area contributed by atoms with Crippen LogP contribution in [-0.4, -0.2) is 14.9 Å². The average Bonchev–Trinajstić information content (AvgIpc) is 2.37. The Kier molecular flexibility index (Phi) is 4.28. The van der Waals surface area contributed by atoms with Crippen molar-refractivity contribution in [2.45, 2.75) is 6.61 Å². The van der Waals surface area contributed by atoms with Crippen LogP contribution in [0.25, 0.3) is 0 Å². The lowest BCUT2D eigenvalue weighted by Crippen LogP contribution is -2.02. The summed E-state index contributed by atoms with van der Waals surface area (Å²) in [5.74, 6) is -0.145. The molecule has 8 heteroatoms. The van der Waals surface area contributed by atoms with Gasteiger partial charge in [0.1, 0.15) is 12.9 Å². The maximum absolute atomic E-state index is 10.9. The summed E-state index contributed by atoms with van der Waals surface area (Å²) in [7, 11) is 0. The van der Waals surface area contributed by atoms with Crippen molar-refractivity contribution in [3.63, 3.8) is 0 Å². The van der Waals surface area contributed by atoms with Crippen LogP contribution in [0.15, 0.2) is 35.1 Å². The highest BCUT2D eigenvalue weighted by atomic mass is 79.9. The highest BCUT2D eigenvalue weighted by molar-refractivity contribution is 9.10. The van der Waals surface area contributed by atoms with Crippen molar-refractivity contribution in [2.24, 2.45) is 0 Å². The highest BCUT2D eigenvalue weighted by Crippen LogP contribution is 2.30. The predicted octanol–water partition coefficient (Wildman–Crippen LogP) is 3.38. The molecule has 0 aliphatic heterocycles. The first-order chi connectivity index (χ1) is 9.08. The second-order valence-electron chi connectivity index (χ2n) is 3.49. The van der Waals surface area contributed by atoms with Gasteiger partial charge in [-0.15, -0.1) is 0 Å². The fraction of sp³-hybridized carbons (Fsp3) is 0.0909. The number of nitro groups is 1. The predicted molar refractivity (Wildman–Crippen MR) is 72.2 cm³/mol. The van der Waals surface area contributed by atoms with Crippen LogP contribution in [0, 0.1) is 10.1 Å².